The van der Waals surface area contributed by atoms with Gasteiger partial charge in [-0.2, -0.15) is 0 Å². The van der Waals surface area contributed by atoms with Crippen molar-refractivity contribution in [2.75, 3.05) is 4.72 Å². The zero-order valence-electron chi connectivity index (χ0n) is 13.3. The van der Waals surface area contributed by atoms with Gasteiger partial charge in [0.1, 0.15) is 0 Å². The normalized spacial score (nSPS) is 11.6. The van der Waals surface area contributed by atoms with Crippen LogP contribution in [0.25, 0.3) is 11.1 Å². The Bertz CT molecular complexity index is 1030. The number of nitrogens with zero attached hydrogens (tertiary/aromatic N) is 2. The largest absolute Gasteiger partial charge is 0.481 e. The Morgan fingerprint density at radius 3 is 2.68 bits per heavy atom. The summed E-state index contributed by atoms with van der Waals surface area (Å²) in [5, 5.41) is 13.1. The highest BCUT2D eigenvalue weighted by molar-refractivity contribution is 7.92. The van der Waals surface area contributed by atoms with Crippen LogP contribution in [0.5, 0.6) is 0 Å². The first-order chi connectivity index (χ1) is 11.8. The van der Waals surface area contributed by atoms with E-state index < -0.39 is 16.0 Å². The molecule has 0 bridgehead atoms. The highest BCUT2D eigenvalue weighted by atomic mass is 32.2. The molecule has 0 unspecified atom stereocenters. The molecule has 0 spiro atoms. The van der Waals surface area contributed by atoms with Gasteiger partial charge in [0, 0.05) is 6.42 Å². The first kappa shape index (κ1) is 16.9. The van der Waals surface area contributed by atoms with Crippen molar-refractivity contribution in [2.45, 2.75) is 24.7 Å². The number of nitrogens with one attached hydrogen (secondary N) is 1. The zero-order chi connectivity index (χ0) is 18.0. The molecule has 25 heavy (non-hydrogen) atoms. The number of carboxylic acids is 1. The molecule has 0 saturated heterocycles. The molecule has 0 aliphatic carbocycles. The van der Waals surface area contributed by atoms with Gasteiger partial charge in [-0.3, -0.25) is 9.52 Å². The van der Waals surface area contributed by atoms with Crippen molar-refractivity contribution in [3.05, 3.63) is 47.8 Å². The zero-order valence-corrected chi connectivity index (χ0v) is 14.1. The van der Waals surface area contributed by atoms with Crippen LogP contribution in [0.1, 0.15) is 17.7 Å². The van der Waals surface area contributed by atoms with Crippen LogP contribution in [0, 0.1) is 6.92 Å². The molecule has 0 atom stereocenters. The van der Waals surface area contributed by atoms with E-state index in [-0.39, 0.29) is 11.3 Å². The summed E-state index contributed by atoms with van der Waals surface area (Å²) >= 11 is 0. The third-order valence-corrected chi connectivity index (χ3v) is 5.02. The van der Waals surface area contributed by atoms with Crippen LogP contribution in [0.3, 0.4) is 0 Å². The van der Waals surface area contributed by atoms with E-state index in [1.54, 1.807) is 25.1 Å². The number of aromatic nitrogens is 2. The van der Waals surface area contributed by atoms with Gasteiger partial charge in [0.2, 0.25) is 0 Å². The molecule has 1 aromatic carbocycles. The maximum atomic E-state index is 12.5. The highest BCUT2D eigenvalue weighted by Gasteiger charge is 2.16. The average molecular weight is 361 g/mol. The second kappa shape index (κ2) is 6.52. The Morgan fingerprint density at radius 2 is 2.00 bits per heavy atom. The Balaban J connectivity index is 1.80. The fourth-order valence-electron chi connectivity index (χ4n) is 2.30. The standard InChI is InChI=1S/C16H15N3O5S/c1-10-14-8-12(9-17-16(14)24-18-10)19-25(22,23)13-5-2-11(3-6-13)4-7-15(20)21/h2-3,5-6,8-9,19H,4,7H2,1H3,(H,20,21). The summed E-state index contributed by atoms with van der Waals surface area (Å²) in [6.45, 7) is 1.74. The maximum absolute atomic E-state index is 12.5. The molecule has 130 valence electrons. The number of pyridine rings is 1. The SMILES string of the molecule is Cc1noc2ncc(NS(=O)(=O)c3ccc(CCC(=O)O)cc3)cc12. The third kappa shape index (κ3) is 3.77. The van der Waals surface area contributed by atoms with E-state index in [1.807, 2.05) is 0 Å². The van der Waals surface area contributed by atoms with Crippen LogP contribution < -0.4 is 4.72 Å². The predicted molar refractivity (Wildman–Crippen MR) is 89.7 cm³/mol. The van der Waals surface area contributed by atoms with Gasteiger partial charge in [-0.05, 0) is 37.1 Å². The summed E-state index contributed by atoms with van der Waals surface area (Å²) in [5.41, 5.74) is 2.01. The van der Waals surface area contributed by atoms with Crippen molar-refractivity contribution >= 4 is 32.8 Å². The van der Waals surface area contributed by atoms with Crippen LogP contribution in [-0.2, 0) is 21.2 Å². The number of carbonyl (C=O) groups is 1. The van der Waals surface area contributed by atoms with E-state index in [0.717, 1.165) is 5.56 Å². The molecule has 2 aromatic heterocycles. The van der Waals surface area contributed by atoms with Gasteiger partial charge in [-0.25, -0.2) is 13.4 Å². The molecule has 0 fully saturated rings. The molecule has 8 nitrogen and oxygen atoms in total. The fourth-order valence-corrected chi connectivity index (χ4v) is 3.34. The van der Waals surface area contributed by atoms with Gasteiger partial charge in [0.25, 0.3) is 15.7 Å². The molecule has 9 heteroatoms. The van der Waals surface area contributed by atoms with E-state index in [4.69, 9.17) is 9.63 Å². The minimum atomic E-state index is -3.78. The first-order valence-corrected chi connectivity index (χ1v) is 8.89. The minimum absolute atomic E-state index is 0.00584. The number of hydrogen-bond acceptors (Lipinski definition) is 6. The second-order valence-electron chi connectivity index (χ2n) is 5.49. The molecular formula is C16H15N3O5S. The number of benzene rings is 1. The van der Waals surface area contributed by atoms with Crippen LogP contribution in [0.15, 0.2) is 45.9 Å². The van der Waals surface area contributed by atoms with Crippen LogP contribution in [0.4, 0.5) is 5.69 Å². The van der Waals surface area contributed by atoms with Crippen molar-refractivity contribution < 1.29 is 22.8 Å². The highest BCUT2D eigenvalue weighted by Crippen LogP contribution is 2.22. The van der Waals surface area contributed by atoms with Gasteiger partial charge < -0.3 is 9.63 Å². The summed E-state index contributed by atoms with van der Waals surface area (Å²) in [6, 6.07) is 7.69. The topological polar surface area (TPSA) is 122 Å². The van der Waals surface area contributed by atoms with Crippen LogP contribution in [0.2, 0.25) is 0 Å². The number of carboxylic acid groups (broad SMARTS) is 1. The lowest BCUT2D eigenvalue weighted by atomic mass is 10.1. The van der Waals surface area contributed by atoms with E-state index in [0.29, 0.717) is 28.9 Å². The molecule has 2 heterocycles. The van der Waals surface area contributed by atoms with Crippen molar-refractivity contribution in [3.8, 4) is 0 Å². The lowest BCUT2D eigenvalue weighted by Gasteiger charge is -2.08. The number of rotatable bonds is 6. The molecule has 0 saturated carbocycles. The Hall–Kier alpha value is -2.94. The van der Waals surface area contributed by atoms with E-state index >= 15 is 0 Å². The molecule has 0 aliphatic heterocycles. The smallest absolute Gasteiger partial charge is 0.303 e. The van der Waals surface area contributed by atoms with Crippen molar-refractivity contribution in [2.24, 2.45) is 0 Å². The lowest BCUT2D eigenvalue weighted by Crippen LogP contribution is -2.13. The Labute approximate surface area is 143 Å². The molecule has 3 aromatic rings. The Morgan fingerprint density at radius 1 is 1.28 bits per heavy atom. The minimum Gasteiger partial charge on any atom is -0.481 e. The second-order valence-corrected chi connectivity index (χ2v) is 7.17. The van der Waals surface area contributed by atoms with Crippen molar-refractivity contribution in [1.82, 2.24) is 10.1 Å². The quantitative estimate of drug-likeness (QED) is 0.691. The monoisotopic (exact) mass is 361 g/mol. The maximum Gasteiger partial charge on any atom is 0.303 e. The fraction of sp³-hybridized carbons (Fsp3) is 0.188. The van der Waals surface area contributed by atoms with Crippen LogP contribution in [-0.4, -0.2) is 29.6 Å². The molecule has 0 radical (unpaired) electrons. The number of fused-ring (bicyclic) bond motifs is 1. The van der Waals surface area contributed by atoms with Gasteiger partial charge in [0.05, 0.1) is 27.9 Å². The third-order valence-electron chi connectivity index (χ3n) is 3.62. The van der Waals surface area contributed by atoms with E-state index in [9.17, 15) is 13.2 Å². The number of aliphatic carboxylic acids is 1. The number of anilines is 1. The van der Waals surface area contributed by atoms with Crippen LogP contribution >= 0.6 is 0 Å². The summed E-state index contributed by atoms with van der Waals surface area (Å²) in [5.74, 6) is -0.898. The summed E-state index contributed by atoms with van der Waals surface area (Å²) < 4.78 is 32.4. The number of hydrogen-bond donors (Lipinski definition) is 2. The summed E-state index contributed by atoms with van der Waals surface area (Å²) in [4.78, 5) is 14.7. The lowest BCUT2D eigenvalue weighted by molar-refractivity contribution is -0.136. The summed E-state index contributed by atoms with van der Waals surface area (Å²) in [6.07, 6.45) is 1.69. The average Bonchev–Trinajstić information content (AvgIpc) is 2.94. The summed E-state index contributed by atoms with van der Waals surface area (Å²) in [7, 11) is -3.78. The van der Waals surface area contributed by atoms with Crippen molar-refractivity contribution in [1.29, 1.82) is 0 Å². The van der Waals surface area contributed by atoms with Crippen molar-refractivity contribution in [3.63, 3.8) is 0 Å². The van der Waals surface area contributed by atoms with E-state index in [1.165, 1.54) is 18.3 Å². The first-order valence-electron chi connectivity index (χ1n) is 7.41. The molecule has 0 aliphatic rings. The van der Waals surface area contributed by atoms with Gasteiger partial charge in [0.15, 0.2) is 0 Å². The predicted octanol–water partition coefficient (Wildman–Crippen LogP) is 2.35. The van der Waals surface area contributed by atoms with E-state index in [2.05, 4.69) is 14.9 Å². The molecule has 2 N–H and O–H groups in total. The molecular weight excluding hydrogens is 346 g/mol. The molecule has 0 amide bonds. The number of aryl methyl sites for hydroxylation is 2. The molecule has 3 rings (SSSR count). The number of sulfonamides is 1. The van der Waals surface area contributed by atoms with Gasteiger partial charge in [-0.15, -0.1) is 0 Å². The van der Waals surface area contributed by atoms with Gasteiger partial charge in [-0.1, -0.05) is 17.3 Å². The van der Waals surface area contributed by atoms with Gasteiger partial charge >= 0.3 is 5.97 Å². The Kier molecular flexibility index (Phi) is 4.41.